The summed E-state index contributed by atoms with van der Waals surface area (Å²) in [6.07, 6.45) is 0.639. The number of aryl methyl sites for hydroxylation is 1. The Hall–Kier alpha value is -4.21. The van der Waals surface area contributed by atoms with E-state index in [2.05, 4.69) is 9.97 Å². The van der Waals surface area contributed by atoms with Gasteiger partial charge in [0.2, 0.25) is 5.88 Å². The molecule has 0 unspecified atom stereocenters. The number of aromatic nitrogens is 3. The summed E-state index contributed by atoms with van der Waals surface area (Å²) in [5.41, 5.74) is 4.26. The number of hydrogen-bond donors (Lipinski definition) is 0. The average Bonchev–Trinajstić information content (AvgIpc) is 3.22. The molecule has 0 bridgehead atoms. The van der Waals surface area contributed by atoms with Gasteiger partial charge in [0.25, 0.3) is 6.43 Å². The fraction of sp³-hybridized carbons (Fsp3) is 0.208. The quantitative estimate of drug-likeness (QED) is 0.405. The predicted octanol–water partition coefficient (Wildman–Crippen LogP) is 4.90. The van der Waals surface area contributed by atoms with Gasteiger partial charge in [-0.3, -0.25) is 9.80 Å². The number of hydrogen-bond acceptors (Lipinski definition) is 5. The molecule has 2 aromatic carbocycles. The lowest BCUT2D eigenvalue weighted by atomic mass is 10.1. The normalized spacial score (nSPS) is 13.5. The van der Waals surface area contributed by atoms with Crippen LogP contribution in [0.3, 0.4) is 0 Å². The van der Waals surface area contributed by atoms with Crippen LogP contribution >= 0.6 is 0 Å². The maximum atomic E-state index is 13.8. The Morgan fingerprint density at radius 2 is 1.82 bits per heavy atom. The highest BCUT2D eigenvalue weighted by Crippen LogP contribution is 2.39. The lowest BCUT2D eigenvalue weighted by Gasteiger charge is -2.37. The molecule has 3 heterocycles. The van der Waals surface area contributed by atoms with Gasteiger partial charge in [-0.15, -0.1) is 0 Å². The summed E-state index contributed by atoms with van der Waals surface area (Å²) in [5, 5.41) is 0. The number of carbonyl (C=O) groups is 1. The third kappa shape index (κ3) is 3.87. The molecule has 34 heavy (non-hydrogen) atoms. The van der Waals surface area contributed by atoms with Gasteiger partial charge >= 0.3 is 6.03 Å². The molecule has 0 atom stereocenters. The van der Waals surface area contributed by atoms with Crippen LogP contribution in [0.1, 0.15) is 5.56 Å². The maximum Gasteiger partial charge on any atom is 0.333 e. The number of fused-ring (bicyclic) bond motifs is 2. The number of alkyl halides is 2. The summed E-state index contributed by atoms with van der Waals surface area (Å²) < 4.78 is 37.5. The van der Waals surface area contributed by atoms with E-state index in [1.165, 1.54) is 11.0 Å². The summed E-state index contributed by atoms with van der Waals surface area (Å²) in [6, 6.07) is 13.8. The molecular weight excluding hydrogens is 444 g/mol. The van der Waals surface area contributed by atoms with E-state index in [-0.39, 0.29) is 18.5 Å². The number of rotatable bonds is 6. The molecule has 5 rings (SSSR count). The van der Waals surface area contributed by atoms with E-state index >= 15 is 0 Å². The van der Waals surface area contributed by atoms with Crippen molar-refractivity contribution in [3.63, 3.8) is 0 Å². The smallest absolute Gasteiger partial charge is 0.333 e. The largest absolute Gasteiger partial charge is 0.497 e. The molecule has 4 aromatic rings. The number of anilines is 3. The first kappa shape index (κ1) is 21.6. The topological polar surface area (TPSA) is 72.7 Å². The molecule has 0 N–H and O–H groups in total. The van der Waals surface area contributed by atoms with Crippen LogP contribution in [-0.4, -0.2) is 40.7 Å². The number of imidazole rings is 1. The molecule has 1 aliphatic rings. The van der Waals surface area contributed by atoms with Crippen LogP contribution in [0.2, 0.25) is 0 Å². The van der Waals surface area contributed by atoms with Crippen molar-refractivity contribution in [2.45, 2.75) is 13.0 Å². The lowest BCUT2D eigenvalue weighted by Crippen LogP contribution is -2.45. The fourth-order valence-corrected chi connectivity index (χ4v) is 3.94. The number of halogens is 2. The van der Waals surface area contributed by atoms with Crippen LogP contribution < -0.4 is 19.3 Å². The third-order valence-electron chi connectivity index (χ3n) is 5.64. The number of benzene rings is 2. The van der Waals surface area contributed by atoms with Gasteiger partial charge in [0, 0.05) is 30.6 Å². The van der Waals surface area contributed by atoms with E-state index in [9.17, 15) is 13.6 Å². The molecule has 174 valence electrons. The first-order valence-electron chi connectivity index (χ1n) is 10.5. The molecule has 10 heteroatoms. The molecule has 8 nitrogen and oxygen atoms in total. The molecule has 0 fully saturated rings. The van der Waals surface area contributed by atoms with Crippen molar-refractivity contribution >= 4 is 34.1 Å². The van der Waals surface area contributed by atoms with Gasteiger partial charge in [-0.2, -0.15) is 0 Å². The molecule has 0 radical (unpaired) electrons. The number of amides is 2. The van der Waals surface area contributed by atoms with Crippen LogP contribution in [0.5, 0.6) is 11.6 Å². The van der Waals surface area contributed by atoms with Gasteiger partial charge in [-0.25, -0.2) is 23.5 Å². The van der Waals surface area contributed by atoms with Crippen molar-refractivity contribution in [3.05, 3.63) is 66.6 Å². The number of pyridine rings is 1. The highest BCUT2D eigenvalue weighted by Gasteiger charge is 2.33. The van der Waals surface area contributed by atoms with Gasteiger partial charge in [0.05, 0.1) is 42.4 Å². The van der Waals surface area contributed by atoms with Crippen LogP contribution in [0, 0.1) is 0 Å². The highest BCUT2D eigenvalue weighted by atomic mass is 19.3. The zero-order chi connectivity index (χ0) is 23.8. The van der Waals surface area contributed by atoms with E-state index in [0.717, 1.165) is 16.6 Å². The Labute approximate surface area is 194 Å². The van der Waals surface area contributed by atoms with E-state index in [4.69, 9.17) is 9.47 Å². The fourth-order valence-electron chi connectivity index (χ4n) is 3.94. The molecule has 2 amide bonds. The number of methoxy groups -OCH3 is 1. The Morgan fingerprint density at radius 3 is 2.56 bits per heavy atom. The van der Waals surface area contributed by atoms with Gasteiger partial charge < -0.3 is 14.0 Å². The lowest BCUT2D eigenvalue weighted by molar-refractivity contribution is 0.0796. The predicted molar refractivity (Wildman–Crippen MR) is 123 cm³/mol. The van der Waals surface area contributed by atoms with Crippen LogP contribution in [-0.2, 0) is 13.6 Å². The van der Waals surface area contributed by atoms with Gasteiger partial charge in [0.15, 0.2) is 6.61 Å². The number of ether oxygens (including phenoxy) is 2. The van der Waals surface area contributed by atoms with Crippen LogP contribution in [0.25, 0.3) is 11.0 Å². The minimum Gasteiger partial charge on any atom is -0.497 e. The number of nitrogens with zero attached hydrogens (tertiary/aromatic N) is 5. The van der Waals surface area contributed by atoms with E-state index in [1.54, 1.807) is 48.8 Å². The standard InChI is InChI=1S/C24H21F2N5O3/c1-29-14-28-19-8-5-17(9-21(19)29)30-12-15-11-27-23(34-13-22(25)26)10-20(15)31(24(30)32)16-3-6-18(33-2)7-4-16/h3-11,14,22H,12-13H2,1-2H3. The molecule has 1 aliphatic heterocycles. The Balaban J connectivity index is 1.59. The van der Waals surface area contributed by atoms with Crippen molar-refractivity contribution in [1.29, 1.82) is 0 Å². The number of carbonyl (C=O) groups excluding carboxylic acids is 1. The number of urea groups is 1. The first-order valence-corrected chi connectivity index (χ1v) is 10.5. The Morgan fingerprint density at radius 1 is 1.06 bits per heavy atom. The molecular formula is C24H21F2N5O3. The third-order valence-corrected chi connectivity index (χ3v) is 5.64. The van der Waals surface area contributed by atoms with Crippen molar-refractivity contribution in [2.75, 3.05) is 23.5 Å². The van der Waals surface area contributed by atoms with E-state index in [1.807, 2.05) is 29.8 Å². The van der Waals surface area contributed by atoms with Crippen molar-refractivity contribution in [3.8, 4) is 11.6 Å². The molecule has 2 aromatic heterocycles. The highest BCUT2D eigenvalue weighted by molar-refractivity contribution is 6.11. The van der Waals surface area contributed by atoms with Crippen LogP contribution in [0.4, 0.5) is 30.6 Å². The SMILES string of the molecule is COc1ccc(N2C(=O)N(c3ccc4ncn(C)c4c3)Cc3cnc(OCC(F)F)cc32)cc1. The molecule has 0 saturated heterocycles. The van der Waals surface area contributed by atoms with E-state index < -0.39 is 13.0 Å². The molecule has 0 saturated carbocycles. The Kier molecular flexibility index (Phi) is 5.48. The minimum atomic E-state index is -2.63. The first-order chi connectivity index (χ1) is 16.4. The Bertz CT molecular complexity index is 1360. The second-order valence-electron chi connectivity index (χ2n) is 7.78. The van der Waals surface area contributed by atoms with Crippen molar-refractivity contribution in [1.82, 2.24) is 14.5 Å². The monoisotopic (exact) mass is 465 g/mol. The van der Waals surface area contributed by atoms with Crippen LogP contribution in [0.15, 0.2) is 61.1 Å². The summed E-state index contributed by atoms with van der Waals surface area (Å²) in [7, 11) is 3.45. The zero-order valence-electron chi connectivity index (χ0n) is 18.5. The summed E-state index contributed by atoms with van der Waals surface area (Å²) in [6.45, 7) is -0.522. The van der Waals surface area contributed by atoms with E-state index in [0.29, 0.717) is 22.8 Å². The van der Waals surface area contributed by atoms with Crippen molar-refractivity contribution < 1.29 is 23.0 Å². The van der Waals surface area contributed by atoms with Gasteiger partial charge in [-0.05, 0) is 42.5 Å². The maximum absolute atomic E-state index is 13.8. The molecule has 0 spiro atoms. The summed E-state index contributed by atoms with van der Waals surface area (Å²) in [4.78, 5) is 25.5. The summed E-state index contributed by atoms with van der Waals surface area (Å²) in [5.74, 6) is 0.665. The second-order valence-corrected chi connectivity index (χ2v) is 7.78. The second kappa shape index (κ2) is 8.62. The van der Waals surface area contributed by atoms with Gasteiger partial charge in [0.1, 0.15) is 5.75 Å². The molecule has 0 aliphatic carbocycles. The minimum absolute atomic E-state index is 0.0233. The van der Waals surface area contributed by atoms with Gasteiger partial charge in [-0.1, -0.05) is 0 Å². The van der Waals surface area contributed by atoms with Crippen molar-refractivity contribution in [2.24, 2.45) is 7.05 Å². The average molecular weight is 465 g/mol. The zero-order valence-corrected chi connectivity index (χ0v) is 18.5. The summed E-state index contributed by atoms with van der Waals surface area (Å²) >= 11 is 0.